The first kappa shape index (κ1) is 9.93. The lowest BCUT2D eigenvalue weighted by molar-refractivity contribution is 0.433. The third kappa shape index (κ3) is 1.92. The van der Waals surface area contributed by atoms with Crippen molar-refractivity contribution in [1.82, 2.24) is 0 Å². The van der Waals surface area contributed by atoms with E-state index in [1.165, 1.54) is 0 Å². The van der Waals surface area contributed by atoms with E-state index < -0.39 is 0 Å². The Morgan fingerprint density at radius 3 is 2.53 bits per heavy atom. The van der Waals surface area contributed by atoms with Gasteiger partial charge in [-0.3, -0.25) is 0 Å². The Balaban J connectivity index is 2.68. The summed E-state index contributed by atoms with van der Waals surface area (Å²) in [6, 6.07) is 11.0. The molecule has 0 spiro atoms. The van der Waals surface area contributed by atoms with Gasteiger partial charge < -0.3 is 9.52 Å². The Hall–Kier alpha value is -1.61. The summed E-state index contributed by atoms with van der Waals surface area (Å²) in [5.74, 6) is 1.15. The van der Waals surface area contributed by atoms with E-state index in [9.17, 15) is 5.11 Å². The Morgan fingerprint density at radius 2 is 1.87 bits per heavy atom. The monoisotopic (exact) mass is 218 g/mol. The Kier molecular flexibility index (Phi) is 2.56. The summed E-state index contributed by atoms with van der Waals surface area (Å²) in [6.07, 6.45) is 0. The molecule has 0 amide bonds. The van der Waals surface area contributed by atoms with Gasteiger partial charge in [-0.25, -0.2) is 0 Å². The zero-order valence-corrected chi connectivity index (χ0v) is 9.04. The highest BCUT2D eigenvalue weighted by molar-refractivity contribution is 7.71. The molecule has 15 heavy (non-hydrogen) atoms. The molecule has 3 heteroatoms. The van der Waals surface area contributed by atoms with E-state index in [0.717, 1.165) is 5.56 Å². The summed E-state index contributed by atoms with van der Waals surface area (Å²) in [6.45, 7) is 1.81. The third-order valence-electron chi connectivity index (χ3n) is 2.08. The van der Waals surface area contributed by atoms with Gasteiger partial charge in [0.25, 0.3) is 0 Å². The van der Waals surface area contributed by atoms with Crippen LogP contribution in [0.25, 0.3) is 11.3 Å². The summed E-state index contributed by atoms with van der Waals surface area (Å²) in [5.41, 5.74) is 0.824. The maximum Gasteiger partial charge on any atom is 0.177 e. The molecule has 1 aromatic heterocycles. The fourth-order valence-corrected chi connectivity index (χ4v) is 1.65. The molecule has 0 aliphatic carbocycles. The molecule has 1 N–H and O–H groups in total. The van der Waals surface area contributed by atoms with Crippen molar-refractivity contribution in [2.75, 3.05) is 0 Å². The topological polar surface area (TPSA) is 33.4 Å². The van der Waals surface area contributed by atoms with E-state index in [0.29, 0.717) is 16.0 Å². The minimum Gasteiger partial charge on any atom is -0.503 e. The predicted octanol–water partition coefficient (Wildman–Crippen LogP) is 3.69. The summed E-state index contributed by atoms with van der Waals surface area (Å²) in [4.78, 5) is 0. The second-order valence-corrected chi connectivity index (χ2v) is 3.70. The van der Waals surface area contributed by atoms with Crippen LogP contribution in [0, 0.1) is 11.4 Å². The molecular weight excluding hydrogens is 208 g/mol. The summed E-state index contributed by atoms with van der Waals surface area (Å²) < 4.78 is 5.87. The van der Waals surface area contributed by atoms with Crippen LogP contribution in [0.2, 0.25) is 0 Å². The molecule has 2 nitrogen and oxygen atoms in total. The Morgan fingerprint density at radius 1 is 1.20 bits per heavy atom. The van der Waals surface area contributed by atoms with Crippen LogP contribution in [0.1, 0.15) is 5.76 Å². The lowest BCUT2D eigenvalue weighted by atomic mass is 10.1. The highest BCUT2D eigenvalue weighted by atomic mass is 32.1. The van der Waals surface area contributed by atoms with Crippen molar-refractivity contribution in [3.05, 3.63) is 46.7 Å². The van der Waals surface area contributed by atoms with Crippen LogP contribution in [0.5, 0.6) is 5.75 Å². The summed E-state index contributed by atoms with van der Waals surface area (Å²) in [5, 5.41) is 9.78. The van der Waals surface area contributed by atoms with Crippen LogP contribution in [0.3, 0.4) is 0 Å². The molecule has 0 aliphatic heterocycles. The van der Waals surface area contributed by atoms with Crippen molar-refractivity contribution in [2.45, 2.75) is 6.92 Å². The Labute approximate surface area is 92.8 Å². The zero-order valence-electron chi connectivity index (χ0n) is 8.23. The molecule has 0 fully saturated rings. The van der Waals surface area contributed by atoms with Gasteiger partial charge in [-0.15, -0.1) is 0 Å². The molecule has 0 saturated heterocycles. The van der Waals surface area contributed by atoms with Crippen LogP contribution in [-0.2, 0) is 0 Å². The normalized spacial score (nSPS) is 10.2. The second-order valence-electron chi connectivity index (χ2n) is 3.27. The highest BCUT2D eigenvalue weighted by Gasteiger charge is 2.08. The smallest absolute Gasteiger partial charge is 0.177 e. The first-order chi connectivity index (χ1) is 7.18. The van der Waals surface area contributed by atoms with E-state index in [1.807, 2.05) is 37.3 Å². The molecule has 0 aliphatic rings. The summed E-state index contributed by atoms with van der Waals surface area (Å²) >= 11 is 5.02. The van der Waals surface area contributed by atoms with Crippen molar-refractivity contribution >= 4 is 12.2 Å². The van der Waals surface area contributed by atoms with Crippen LogP contribution >= 0.6 is 12.2 Å². The lowest BCUT2D eigenvalue weighted by Gasteiger charge is -2.04. The van der Waals surface area contributed by atoms with Gasteiger partial charge in [-0.05, 0) is 13.0 Å². The number of benzene rings is 1. The fourth-order valence-electron chi connectivity index (χ4n) is 1.39. The van der Waals surface area contributed by atoms with E-state index in [4.69, 9.17) is 16.6 Å². The maximum atomic E-state index is 9.78. The van der Waals surface area contributed by atoms with Gasteiger partial charge in [-0.2, -0.15) is 0 Å². The SMILES string of the molecule is Cc1cc(=S)c(O)c(-c2ccccc2)o1. The van der Waals surface area contributed by atoms with E-state index in [2.05, 4.69) is 0 Å². The third-order valence-corrected chi connectivity index (χ3v) is 2.39. The van der Waals surface area contributed by atoms with Crippen molar-refractivity contribution in [1.29, 1.82) is 0 Å². The van der Waals surface area contributed by atoms with Gasteiger partial charge in [0.05, 0.1) is 4.51 Å². The second kappa shape index (κ2) is 3.87. The minimum absolute atomic E-state index is 0.0294. The molecule has 0 unspecified atom stereocenters. The van der Waals surface area contributed by atoms with Crippen LogP contribution < -0.4 is 0 Å². The highest BCUT2D eigenvalue weighted by Crippen LogP contribution is 2.30. The van der Waals surface area contributed by atoms with Crippen molar-refractivity contribution in [3.63, 3.8) is 0 Å². The van der Waals surface area contributed by atoms with Gasteiger partial charge in [0.1, 0.15) is 5.76 Å². The van der Waals surface area contributed by atoms with E-state index >= 15 is 0 Å². The predicted molar refractivity (Wildman–Crippen MR) is 61.4 cm³/mol. The lowest BCUT2D eigenvalue weighted by Crippen LogP contribution is -1.82. The van der Waals surface area contributed by atoms with Gasteiger partial charge in [-0.1, -0.05) is 42.5 Å². The molecule has 0 bridgehead atoms. The van der Waals surface area contributed by atoms with Crippen molar-refractivity contribution < 1.29 is 9.52 Å². The molecule has 0 atom stereocenters. The number of hydrogen-bond donors (Lipinski definition) is 1. The molecule has 2 rings (SSSR count). The van der Waals surface area contributed by atoms with Gasteiger partial charge in [0.2, 0.25) is 0 Å². The molecule has 76 valence electrons. The van der Waals surface area contributed by atoms with Gasteiger partial charge in [0, 0.05) is 5.56 Å². The average Bonchev–Trinajstić information content (AvgIpc) is 2.24. The quantitative estimate of drug-likeness (QED) is 0.741. The molecule has 0 saturated carbocycles. The van der Waals surface area contributed by atoms with Crippen LogP contribution in [0.4, 0.5) is 0 Å². The minimum atomic E-state index is 0.0294. The first-order valence-electron chi connectivity index (χ1n) is 4.57. The molecule has 2 aromatic rings. The standard InChI is InChI=1S/C12H10O2S/c1-8-7-10(15)11(13)12(14-8)9-5-3-2-4-6-9/h2-7,13H,1H3. The summed E-state index contributed by atoms with van der Waals surface area (Å²) in [7, 11) is 0. The van der Waals surface area contributed by atoms with E-state index in [-0.39, 0.29) is 5.75 Å². The molecular formula is C12H10O2S. The number of hydrogen-bond acceptors (Lipinski definition) is 3. The van der Waals surface area contributed by atoms with E-state index in [1.54, 1.807) is 6.07 Å². The number of rotatable bonds is 1. The number of aromatic hydroxyl groups is 1. The number of aryl methyl sites for hydroxylation is 1. The Bertz CT molecular complexity index is 529. The average molecular weight is 218 g/mol. The van der Waals surface area contributed by atoms with Gasteiger partial charge in [0.15, 0.2) is 11.5 Å². The van der Waals surface area contributed by atoms with Crippen molar-refractivity contribution in [2.24, 2.45) is 0 Å². The molecule has 0 radical (unpaired) electrons. The fraction of sp³-hybridized carbons (Fsp3) is 0.0833. The molecule has 1 heterocycles. The van der Waals surface area contributed by atoms with Crippen LogP contribution in [-0.4, -0.2) is 5.11 Å². The first-order valence-corrected chi connectivity index (χ1v) is 4.98. The largest absolute Gasteiger partial charge is 0.503 e. The van der Waals surface area contributed by atoms with Crippen LogP contribution in [0.15, 0.2) is 40.8 Å². The maximum absolute atomic E-state index is 9.78. The molecule has 1 aromatic carbocycles. The zero-order chi connectivity index (χ0) is 10.8. The van der Waals surface area contributed by atoms with Gasteiger partial charge >= 0.3 is 0 Å². The van der Waals surface area contributed by atoms with Crippen molar-refractivity contribution in [3.8, 4) is 17.1 Å².